The molecule has 0 aliphatic rings. The number of hydrogen-bond acceptors (Lipinski definition) is 4. The molecule has 2 rings (SSSR count). The zero-order chi connectivity index (χ0) is 14.5. The van der Waals surface area contributed by atoms with Crippen LogP contribution < -0.4 is 0 Å². The summed E-state index contributed by atoms with van der Waals surface area (Å²) in [6.45, 7) is 2.67. The van der Waals surface area contributed by atoms with E-state index in [0.717, 1.165) is 11.3 Å². The van der Waals surface area contributed by atoms with E-state index in [0.29, 0.717) is 18.2 Å². The number of aromatic nitrogens is 1. The van der Waals surface area contributed by atoms with Crippen molar-refractivity contribution in [1.29, 1.82) is 0 Å². The third-order valence-corrected chi connectivity index (χ3v) is 4.18. The maximum Gasteiger partial charge on any atom is 0.209 e. The molecule has 0 unspecified atom stereocenters. The van der Waals surface area contributed by atoms with Crippen molar-refractivity contribution in [1.82, 2.24) is 9.88 Å². The van der Waals surface area contributed by atoms with Crippen LogP contribution in [-0.4, -0.2) is 39.2 Å². The molecular weight excluding hydrogens is 272 g/mol. The van der Waals surface area contributed by atoms with Crippen molar-refractivity contribution in [3.05, 3.63) is 42.4 Å². The molecule has 0 N–H and O–H groups in total. The first-order valence-corrected chi connectivity index (χ1v) is 8.29. The van der Waals surface area contributed by atoms with Crippen LogP contribution in [0.4, 0.5) is 0 Å². The van der Waals surface area contributed by atoms with Crippen LogP contribution in [0, 0.1) is 0 Å². The van der Waals surface area contributed by atoms with E-state index < -0.39 is 10.8 Å². The van der Waals surface area contributed by atoms with Crippen molar-refractivity contribution < 1.29 is 8.63 Å². The second-order valence-electron chi connectivity index (χ2n) is 4.99. The molecule has 1 heterocycles. The van der Waals surface area contributed by atoms with Crippen LogP contribution in [0.1, 0.15) is 12.8 Å². The summed E-state index contributed by atoms with van der Waals surface area (Å²) in [6.07, 6.45) is 3.48. The quantitative estimate of drug-likeness (QED) is 0.821. The summed E-state index contributed by atoms with van der Waals surface area (Å²) in [7, 11) is 1.20. The number of oxazole rings is 1. The first-order valence-electron chi connectivity index (χ1n) is 6.56. The molecule has 108 valence electrons. The van der Waals surface area contributed by atoms with Crippen molar-refractivity contribution >= 4 is 10.8 Å². The lowest BCUT2D eigenvalue weighted by molar-refractivity contribution is 0.242. The van der Waals surface area contributed by atoms with E-state index in [1.807, 2.05) is 37.4 Å². The Kier molecular flexibility index (Phi) is 5.09. The second-order valence-corrected chi connectivity index (χ2v) is 6.47. The Labute approximate surface area is 122 Å². The largest absolute Gasteiger partial charge is 0.439 e. The lowest BCUT2D eigenvalue weighted by atomic mass is 10.2. The van der Waals surface area contributed by atoms with Crippen LogP contribution in [0.15, 0.2) is 40.9 Å². The standard InChI is InChI=1S/C15H20N2O2S/c1-12(11-20(3)18)17(2)10-15-16-9-14(19-15)13-7-5-4-6-8-13/h4-9,12H,10-11H2,1-3H3/t12-,20+/m1/s1. The summed E-state index contributed by atoms with van der Waals surface area (Å²) in [5.41, 5.74) is 1.02. The van der Waals surface area contributed by atoms with Gasteiger partial charge in [0.2, 0.25) is 5.89 Å². The summed E-state index contributed by atoms with van der Waals surface area (Å²) in [5.74, 6) is 2.11. The minimum Gasteiger partial charge on any atom is -0.439 e. The molecule has 20 heavy (non-hydrogen) atoms. The third-order valence-electron chi connectivity index (χ3n) is 3.22. The Morgan fingerprint density at radius 1 is 1.35 bits per heavy atom. The Bertz CT molecular complexity index is 568. The van der Waals surface area contributed by atoms with Crippen LogP contribution >= 0.6 is 0 Å². The Morgan fingerprint density at radius 3 is 2.70 bits per heavy atom. The highest BCUT2D eigenvalue weighted by atomic mass is 32.2. The maximum atomic E-state index is 11.2. The molecule has 4 nitrogen and oxygen atoms in total. The van der Waals surface area contributed by atoms with E-state index in [1.165, 1.54) is 0 Å². The van der Waals surface area contributed by atoms with Crippen molar-refractivity contribution in [3.63, 3.8) is 0 Å². The van der Waals surface area contributed by atoms with Gasteiger partial charge < -0.3 is 4.42 Å². The van der Waals surface area contributed by atoms with Crippen LogP contribution in [0.2, 0.25) is 0 Å². The molecule has 1 aromatic carbocycles. The van der Waals surface area contributed by atoms with Gasteiger partial charge in [0.1, 0.15) is 0 Å². The number of nitrogens with zero attached hydrogens (tertiary/aromatic N) is 2. The molecule has 5 heteroatoms. The van der Waals surface area contributed by atoms with Gasteiger partial charge in [0, 0.05) is 34.4 Å². The molecule has 1 aromatic heterocycles. The van der Waals surface area contributed by atoms with Gasteiger partial charge >= 0.3 is 0 Å². The molecule has 0 spiro atoms. The number of hydrogen-bond donors (Lipinski definition) is 0. The minimum atomic E-state index is -0.791. The number of benzene rings is 1. The van der Waals surface area contributed by atoms with Crippen LogP contribution in [0.25, 0.3) is 11.3 Å². The normalized spacial score (nSPS) is 14.4. The summed E-state index contributed by atoms with van der Waals surface area (Å²) in [5, 5.41) is 0. The van der Waals surface area contributed by atoms with Crippen molar-refractivity contribution in [3.8, 4) is 11.3 Å². The molecule has 0 fully saturated rings. The van der Waals surface area contributed by atoms with E-state index in [9.17, 15) is 4.21 Å². The topological polar surface area (TPSA) is 46.3 Å². The highest BCUT2D eigenvalue weighted by Gasteiger charge is 2.14. The molecular formula is C15H20N2O2S. The highest BCUT2D eigenvalue weighted by Crippen LogP contribution is 2.20. The molecule has 0 aliphatic heterocycles. The van der Waals surface area contributed by atoms with E-state index in [1.54, 1.807) is 12.5 Å². The molecule has 2 aromatic rings. The Morgan fingerprint density at radius 2 is 2.05 bits per heavy atom. The van der Waals surface area contributed by atoms with Crippen molar-refractivity contribution in [2.75, 3.05) is 19.1 Å². The predicted molar refractivity (Wildman–Crippen MR) is 81.8 cm³/mol. The first kappa shape index (κ1) is 14.9. The summed E-state index contributed by atoms with van der Waals surface area (Å²) in [4.78, 5) is 6.41. The number of rotatable bonds is 6. The molecule has 0 aliphatic carbocycles. The van der Waals surface area contributed by atoms with Gasteiger partial charge in [-0.2, -0.15) is 0 Å². The molecule has 0 bridgehead atoms. The van der Waals surface area contributed by atoms with Crippen molar-refractivity contribution in [2.45, 2.75) is 19.5 Å². The van der Waals surface area contributed by atoms with Gasteiger partial charge in [-0.15, -0.1) is 0 Å². The van der Waals surface area contributed by atoms with Crippen LogP contribution in [0.5, 0.6) is 0 Å². The van der Waals surface area contributed by atoms with Gasteiger partial charge in [0.25, 0.3) is 0 Å². The van der Waals surface area contributed by atoms with E-state index in [4.69, 9.17) is 4.42 Å². The lowest BCUT2D eigenvalue weighted by Gasteiger charge is -2.22. The first-order chi connectivity index (χ1) is 9.56. The van der Waals surface area contributed by atoms with Crippen LogP contribution in [0.3, 0.4) is 0 Å². The average Bonchev–Trinajstić information content (AvgIpc) is 2.87. The molecule has 0 amide bonds. The molecule has 0 radical (unpaired) electrons. The fourth-order valence-corrected chi connectivity index (χ4v) is 2.89. The van der Waals surface area contributed by atoms with E-state index >= 15 is 0 Å². The van der Waals surface area contributed by atoms with Gasteiger partial charge in [0.15, 0.2) is 5.76 Å². The minimum absolute atomic E-state index is 0.230. The third kappa shape index (κ3) is 4.02. The zero-order valence-corrected chi connectivity index (χ0v) is 12.9. The van der Waals surface area contributed by atoms with Gasteiger partial charge in [-0.25, -0.2) is 4.98 Å². The molecule has 0 saturated heterocycles. The van der Waals surface area contributed by atoms with Gasteiger partial charge in [-0.05, 0) is 14.0 Å². The predicted octanol–water partition coefficient (Wildman–Crippen LogP) is 2.54. The van der Waals surface area contributed by atoms with Gasteiger partial charge in [-0.3, -0.25) is 9.11 Å². The van der Waals surface area contributed by atoms with Crippen molar-refractivity contribution in [2.24, 2.45) is 0 Å². The van der Waals surface area contributed by atoms with Gasteiger partial charge in [-0.1, -0.05) is 30.3 Å². The van der Waals surface area contributed by atoms with Crippen LogP contribution in [-0.2, 0) is 17.3 Å². The second kappa shape index (κ2) is 6.81. The lowest BCUT2D eigenvalue weighted by Crippen LogP contribution is -2.32. The zero-order valence-electron chi connectivity index (χ0n) is 12.1. The molecule has 2 atom stereocenters. The SMILES string of the molecule is C[C@H](C[S@](C)=O)N(C)Cc1ncc(-c2ccccc2)o1. The maximum absolute atomic E-state index is 11.2. The van der Waals surface area contributed by atoms with Gasteiger partial charge in [0.05, 0.1) is 12.7 Å². The molecule has 0 saturated carbocycles. The van der Waals surface area contributed by atoms with E-state index in [2.05, 4.69) is 16.8 Å². The fraction of sp³-hybridized carbons (Fsp3) is 0.400. The summed E-state index contributed by atoms with van der Waals surface area (Å²) in [6, 6.07) is 10.1. The fourth-order valence-electron chi connectivity index (χ4n) is 1.96. The smallest absolute Gasteiger partial charge is 0.209 e. The Hall–Kier alpha value is -1.46. The monoisotopic (exact) mass is 292 g/mol. The van der Waals surface area contributed by atoms with E-state index in [-0.39, 0.29) is 6.04 Å². The highest BCUT2D eigenvalue weighted by molar-refractivity contribution is 7.84. The Balaban J connectivity index is 2.01. The summed E-state index contributed by atoms with van der Waals surface area (Å²) >= 11 is 0. The average molecular weight is 292 g/mol. The summed E-state index contributed by atoms with van der Waals surface area (Å²) < 4.78 is 17.0.